The number of carbonyl (C=O) groups is 1. The average molecular weight is 349 g/mol. The molecule has 0 N–H and O–H groups in total. The van der Waals surface area contributed by atoms with E-state index in [9.17, 15) is 4.79 Å². The number of rotatable bonds is 4. The summed E-state index contributed by atoms with van der Waals surface area (Å²) in [6.07, 6.45) is 5.36. The van der Waals surface area contributed by atoms with E-state index in [2.05, 4.69) is 23.6 Å². The molecule has 1 atom stereocenters. The number of hydrogen-bond acceptors (Lipinski definition) is 2. The maximum absolute atomic E-state index is 12.8. The summed E-state index contributed by atoms with van der Waals surface area (Å²) in [6.45, 7) is 8.74. The number of carbonyl (C=O) groups excluding carboxylic acids is 1. The van der Waals surface area contributed by atoms with Gasteiger partial charge in [-0.05, 0) is 55.8 Å². The molecule has 0 bridgehead atoms. The molecule has 2 aliphatic rings. The first-order valence-corrected chi connectivity index (χ1v) is 9.64. The van der Waals surface area contributed by atoms with Crippen LogP contribution in [0.3, 0.4) is 0 Å². The summed E-state index contributed by atoms with van der Waals surface area (Å²) < 4.78 is 0. The summed E-state index contributed by atoms with van der Waals surface area (Å²) >= 11 is 5.94. The minimum Gasteiger partial charge on any atom is -0.341 e. The topological polar surface area (TPSA) is 23.6 Å². The molecule has 1 aromatic rings. The normalized spacial score (nSPS) is 24.9. The van der Waals surface area contributed by atoms with Gasteiger partial charge in [-0.2, -0.15) is 0 Å². The lowest BCUT2D eigenvalue weighted by Crippen LogP contribution is -2.57. The van der Waals surface area contributed by atoms with E-state index >= 15 is 0 Å². The number of likely N-dealkylation sites (tertiary alicyclic amines) is 2. The zero-order valence-electron chi connectivity index (χ0n) is 14.9. The van der Waals surface area contributed by atoms with E-state index in [1.807, 2.05) is 24.3 Å². The van der Waals surface area contributed by atoms with Crippen LogP contribution in [0.25, 0.3) is 0 Å². The zero-order valence-corrected chi connectivity index (χ0v) is 15.7. The fourth-order valence-corrected chi connectivity index (χ4v) is 4.52. The van der Waals surface area contributed by atoms with E-state index < -0.39 is 0 Å². The Labute approximate surface area is 151 Å². The second-order valence-corrected chi connectivity index (χ2v) is 8.33. The Morgan fingerprint density at radius 1 is 1.17 bits per heavy atom. The van der Waals surface area contributed by atoms with Crippen LogP contribution in [0, 0.1) is 5.92 Å². The summed E-state index contributed by atoms with van der Waals surface area (Å²) in [5.74, 6) is 0.938. The molecule has 0 radical (unpaired) electrons. The molecule has 3 nitrogen and oxygen atoms in total. The summed E-state index contributed by atoms with van der Waals surface area (Å²) in [4.78, 5) is 17.6. The van der Waals surface area contributed by atoms with Gasteiger partial charge in [0, 0.05) is 30.2 Å². The van der Waals surface area contributed by atoms with E-state index in [0.29, 0.717) is 12.3 Å². The van der Waals surface area contributed by atoms with Crippen molar-refractivity contribution in [2.24, 2.45) is 5.92 Å². The number of hydrogen-bond donors (Lipinski definition) is 0. The third kappa shape index (κ3) is 3.94. The van der Waals surface area contributed by atoms with Gasteiger partial charge < -0.3 is 4.90 Å². The highest BCUT2D eigenvalue weighted by Crippen LogP contribution is 2.37. The molecule has 0 aromatic heterocycles. The lowest BCUT2D eigenvalue weighted by Gasteiger charge is -2.46. The third-order valence-corrected chi connectivity index (χ3v) is 5.76. The van der Waals surface area contributed by atoms with Gasteiger partial charge in [0.2, 0.25) is 5.91 Å². The van der Waals surface area contributed by atoms with Crippen molar-refractivity contribution in [1.82, 2.24) is 9.80 Å². The van der Waals surface area contributed by atoms with Gasteiger partial charge in [0.1, 0.15) is 0 Å². The van der Waals surface area contributed by atoms with E-state index in [1.54, 1.807) is 0 Å². The van der Waals surface area contributed by atoms with E-state index in [4.69, 9.17) is 11.6 Å². The molecule has 1 aromatic carbocycles. The molecule has 2 aliphatic heterocycles. The zero-order chi connectivity index (χ0) is 17.2. The Morgan fingerprint density at radius 2 is 1.83 bits per heavy atom. The van der Waals surface area contributed by atoms with Crippen molar-refractivity contribution in [3.63, 3.8) is 0 Å². The van der Waals surface area contributed by atoms with Crippen LogP contribution in [-0.2, 0) is 11.2 Å². The van der Waals surface area contributed by atoms with Crippen LogP contribution in [0.15, 0.2) is 24.3 Å². The molecule has 132 valence electrons. The molecule has 2 saturated heterocycles. The Hall–Kier alpha value is -1.06. The molecule has 4 heteroatoms. The van der Waals surface area contributed by atoms with Gasteiger partial charge >= 0.3 is 0 Å². The predicted molar refractivity (Wildman–Crippen MR) is 99.3 cm³/mol. The van der Waals surface area contributed by atoms with Crippen LogP contribution in [-0.4, -0.2) is 47.4 Å². The second kappa shape index (κ2) is 7.45. The van der Waals surface area contributed by atoms with Crippen LogP contribution in [0.5, 0.6) is 0 Å². The van der Waals surface area contributed by atoms with E-state index in [0.717, 1.165) is 36.6 Å². The monoisotopic (exact) mass is 348 g/mol. The summed E-state index contributed by atoms with van der Waals surface area (Å²) in [7, 11) is 0. The third-order valence-electron chi connectivity index (χ3n) is 5.50. The van der Waals surface area contributed by atoms with Crippen molar-refractivity contribution in [2.75, 3.05) is 26.2 Å². The maximum Gasteiger partial charge on any atom is 0.227 e. The summed E-state index contributed by atoms with van der Waals surface area (Å²) in [5.41, 5.74) is 1.28. The highest BCUT2D eigenvalue weighted by molar-refractivity contribution is 6.30. The molecule has 1 amide bonds. The Bertz CT molecular complexity index is 572. The lowest BCUT2D eigenvalue weighted by atomic mass is 9.85. The number of amides is 1. The van der Waals surface area contributed by atoms with Crippen LogP contribution in [0.4, 0.5) is 0 Å². The molecule has 2 fully saturated rings. The van der Waals surface area contributed by atoms with Gasteiger partial charge in [-0.25, -0.2) is 0 Å². The number of benzene rings is 1. The number of piperidine rings is 1. The van der Waals surface area contributed by atoms with Crippen LogP contribution < -0.4 is 0 Å². The van der Waals surface area contributed by atoms with Gasteiger partial charge in [0.25, 0.3) is 0 Å². The molecule has 1 spiro atoms. The minimum atomic E-state index is 0.234. The quantitative estimate of drug-likeness (QED) is 0.821. The maximum atomic E-state index is 12.8. The van der Waals surface area contributed by atoms with Crippen molar-refractivity contribution in [3.8, 4) is 0 Å². The van der Waals surface area contributed by atoms with Gasteiger partial charge in [-0.1, -0.05) is 37.6 Å². The molecular weight excluding hydrogens is 320 g/mol. The second-order valence-electron chi connectivity index (χ2n) is 7.89. The van der Waals surface area contributed by atoms with Gasteiger partial charge in [-0.15, -0.1) is 0 Å². The summed E-state index contributed by atoms with van der Waals surface area (Å²) in [6, 6.07) is 7.65. The van der Waals surface area contributed by atoms with Gasteiger partial charge in [0.15, 0.2) is 0 Å². The predicted octanol–water partition coefficient (Wildman–Crippen LogP) is 4.00. The molecular formula is C20H29ClN2O. The van der Waals surface area contributed by atoms with Gasteiger partial charge in [0.05, 0.1) is 6.42 Å². The summed E-state index contributed by atoms with van der Waals surface area (Å²) in [5, 5.41) is 0.721. The SMILES string of the molecule is CC(C)CN1CCCC12CCCN(C(=O)Cc1ccc(Cl)cc1)C2. The van der Waals surface area contributed by atoms with Crippen molar-refractivity contribution in [1.29, 1.82) is 0 Å². The fourth-order valence-electron chi connectivity index (χ4n) is 4.40. The molecule has 1 unspecified atom stereocenters. The lowest BCUT2D eigenvalue weighted by molar-refractivity contribution is -0.134. The Balaban J connectivity index is 1.66. The largest absolute Gasteiger partial charge is 0.341 e. The van der Waals surface area contributed by atoms with E-state index in [1.165, 1.54) is 25.8 Å². The smallest absolute Gasteiger partial charge is 0.227 e. The Morgan fingerprint density at radius 3 is 2.50 bits per heavy atom. The molecule has 0 saturated carbocycles. The highest BCUT2D eigenvalue weighted by Gasteiger charge is 2.44. The average Bonchev–Trinajstić information content (AvgIpc) is 2.91. The number of halogens is 1. The van der Waals surface area contributed by atoms with Crippen molar-refractivity contribution < 1.29 is 4.79 Å². The van der Waals surface area contributed by atoms with Crippen molar-refractivity contribution >= 4 is 17.5 Å². The number of nitrogens with zero attached hydrogens (tertiary/aromatic N) is 2. The Kier molecular flexibility index (Phi) is 5.51. The van der Waals surface area contributed by atoms with Crippen molar-refractivity contribution in [3.05, 3.63) is 34.9 Å². The van der Waals surface area contributed by atoms with Gasteiger partial charge in [-0.3, -0.25) is 9.69 Å². The van der Waals surface area contributed by atoms with Crippen LogP contribution in [0.2, 0.25) is 5.02 Å². The molecule has 24 heavy (non-hydrogen) atoms. The van der Waals surface area contributed by atoms with Crippen LogP contribution >= 0.6 is 11.6 Å². The first-order valence-electron chi connectivity index (χ1n) is 9.26. The molecule has 2 heterocycles. The minimum absolute atomic E-state index is 0.234. The van der Waals surface area contributed by atoms with Crippen molar-refractivity contribution in [2.45, 2.75) is 51.5 Å². The highest BCUT2D eigenvalue weighted by atomic mass is 35.5. The molecule has 3 rings (SSSR count). The van der Waals surface area contributed by atoms with E-state index in [-0.39, 0.29) is 11.4 Å². The standard InChI is InChI=1S/C20H29ClN2O/c1-16(2)14-23-12-4-10-20(23)9-3-11-22(15-20)19(24)13-17-5-7-18(21)8-6-17/h5-8,16H,3-4,9-15H2,1-2H3. The van der Waals surface area contributed by atoms with Crippen LogP contribution in [0.1, 0.15) is 45.1 Å². The first-order chi connectivity index (χ1) is 11.5. The fraction of sp³-hybridized carbons (Fsp3) is 0.650. The first kappa shape index (κ1) is 17.8. The molecule has 0 aliphatic carbocycles.